The van der Waals surface area contributed by atoms with E-state index in [1.54, 1.807) is 20.0 Å². The molecule has 0 unspecified atom stereocenters. The number of hydrogen-bond acceptors (Lipinski definition) is 7. The first kappa shape index (κ1) is 37.1. The number of benzene rings is 3. The predicted molar refractivity (Wildman–Crippen MR) is 199 cm³/mol. The van der Waals surface area contributed by atoms with Crippen LogP contribution in [0.15, 0.2) is 66.9 Å². The summed E-state index contributed by atoms with van der Waals surface area (Å²) in [5, 5.41) is 15.7. The fraction of sp³-hybridized carbons (Fsp3) is 0.357. The van der Waals surface area contributed by atoms with Crippen molar-refractivity contribution in [2.24, 2.45) is 0 Å². The van der Waals surface area contributed by atoms with Gasteiger partial charge in [-0.25, -0.2) is 17.6 Å². The summed E-state index contributed by atoms with van der Waals surface area (Å²) in [6.07, 6.45) is 0.970. The lowest BCUT2D eigenvalue weighted by molar-refractivity contribution is -0.137. The number of aryl methyl sites for hydroxylation is 2. The van der Waals surface area contributed by atoms with Crippen LogP contribution in [0.4, 0.5) is 23.4 Å². The highest BCUT2D eigenvalue weighted by molar-refractivity contribution is 6.03. The topological polar surface area (TPSA) is 100 Å². The van der Waals surface area contributed by atoms with Crippen LogP contribution in [0.5, 0.6) is 0 Å². The maximum Gasteiger partial charge on any atom is 0.266 e. The molecular formula is C42H42F4N6O2. The molecule has 2 aromatic heterocycles. The van der Waals surface area contributed by atoms with E-state index in [1.165, 1.54) is 18.2 Å². The van der Waals surface area contributed by atoms with Crippen molar-refractivity contribution in [2.75, 3.05) is 18.4 Å². The Hall–Kier alpha value is -5.23. The molecule has 2 aliphatic heterocycles. The molecule has 3 aromatic carbocycles. The number of halogens is 4. The molecular weight excluding hydrogens is 696 g/mol. The first-order valence-corrected chi connectivity index (χ1v) is 18.2. The van der Waals surface area contributed by atoms with E-state index in [4.69, 9.17) is 4.98 Å². The van der Waals surface area contributed by atoms with Crippen LogP contribution in [-0.4, -0.2) is 45.0 Å². The van der Waals surface area contributed by atoms with Gasteiger partial charge in [0.2, 0.25) is 11.8 Å². The van der Waals surface area contributed by atoms with Crippen LogP contribution in [-0.2, 0) is 21.5 Å². The monoisotopic (exact) mass is 738 g/mol. The maximum atomic E-state index is 15.7. The number of amides is 2. The molecule has 2 aliphatic rings. The number of likely N-dealkylation sites (tertiary alicyclic amines) is 1. The number of anilines is 1. The molecule has 5 aromatic rings. The smallest absolute Gasteiger partial charge is 0.266 e. The third-order valence-corrected chi connectivity index (χ3v) is 11.2. The van der Waals surface area contributed by atoms with Crippen LogP contribution in [0, 0.1) is 25.5 Å². The highest BCUT2D eigenvalue weighted by atomic mass is 19.3. The third-order valence-electron chi connectivity index (χ3n) is 11.2. The molecule has 280 valence electrons. The summed E-state index contributed by atoms with van der Waals surface area (Å²) >= 11 is 0. The van der Waals surface area contributed by atoms with Crippen molar-refractivity contribution >= 4 is 28.4 Å². The van der Waals surface area contributed by atoms with Crippen LogP contribution in [0.3, 0.4) is 0 Å². The Morgan fingerprint density at radius 2 is 1.70 bits per heavy atom. The largest absolute Gasteiger partial charge is 0.361 e. The average molecular weight is 739 g/mol. The Kier molecular flexibility index (Phi) is 10.2. The Balaban J connectivity index is 1.05. The number of hydrogen-bond donors (Lipinski definition) is 2. The van der Waals surface area contributed by atoms with Crippen molar-refractivity contribution in [2.45, 2.75) is 83.7 Å². The number of alkyl halides is 2. The molecule has 0 radical (unpaired) electrons. The lowest BCUT2D eigenvalue weighted by Crippen LogP contribution is -2.49. The van der Waals surface area contributed by atoms with Gasteiger partial charge in [-0.3, -0.25) is 24.8 Å². The molecule has 54 heavy (non-hydrogen) atoms. The highest BCUT2D eigenvalue weighted by Crippen LogP contribution is 2.39. The zero-order valence-corrected chi connectivity index (χ0v) is 30.6. The third kappa shape index (κ3) is 7.19. The van der Waals surface area contributed by atoms with Crippen LogP contribution in [0.1, 0.15) is 97.0 Å². The van der Waals surface area contributed by atoms with E-state index in [-0.39, 0.29) is 35.5 Å². The van der Waals surface area contributed by atoms with Crippen molar-refractivity contribution in [1.82, 2.24) is 25.4 Å². The van der Waals surface area contributed by atoms with E-state index in [0.29, 0.717) is 41.3 Å². The van der Waals surface area contributed by atoms with Gasteiger partial charge < -0.3 is 5.32 Å². The Bertz CT molecular complexity index is 2230. The van der Waals surface area contributed by atoms with Gasteiger partial charge in [-0.2, -0.15) is 5.10 Å². The van der Waals surface area contributed by atoms with Crippen molar-refractivity contribution in [3.63, 3.8) is 0 Å². The number of carbonyl (C=O) groups excluding carboxylic acids is 2. The summed E-state index contributed by atoms with van der Waals surface area (Å²) in [4.78, 5) is 31.5. The molecule has 4 heterocycles. The minimum absolute atomic E-state index is 0.0554. The number of pyridine rings is 1. The summed E-state index contributed by atoms with van der Waals surface area (Å²) in [6, 6.07) is 16.8. The van der Waals surface area contributed by atoms with Gasteiger partial charge in [0.05, 0.1) is 28.4 Å². The number of aromatic nitrogens is 3. The van der Waals surface area contributed by atoms with E-state index in [1.807, 2.05) is 38.1 Å². The van der Waals surface area contributed by atoms with Gasteiger partial charge in [0, 0.05) is 41.1 Å². The van der Waals surface area contributed by atoms with Gasteiger partial charge in [0.25, 0.3) is 6.43 Å². The van der Waals surface area contributed by atoms with Crippen molar-refractivity contribution < 1.29 is 27.2 Å². The zero-order chi connectivity index (χ0) is 38.3. The van der Waals surface area contributed by atoms with Gasteiger partial charge >= 0.3 is 0 Å². The fourth-order valence-corrected chi connectivity index (χ4v) is 7.93. The first-order valence-electron chi connectivity index (χ1n) is 18.2. The first-order chi connectivity index (χ1) is 25.8. The molecule has 7 rings (SSSR count). The molecule has 2 amide bonds. The number of fused-ring (bicyclic) bond motifs is 1. The Morgan fingerprint density at radius 3 is 2.43 bits per heavy atom. The molecule has 2 N–H and O–H groups in total. The Morgan fingerprint density at radius 1 is 0.963 bits per heavy atom. The zero-order valence-electron chi connectivity index (χ0n) is 30.6. The number of imide groups is 1. The molecule has 2 saturated heterocycles. The molecule has 2 fully saturated rings. The van der Waals surface area contributed by atoms with E-state index in [9.17, 15) is 22.8 Å². The van der Waals surface area contributed by atoms with Crippen molar-refractivity contribution in [1.29, 1.82) is 0 Å². The predicted octanol–water partition coefficient (Wildman–Crippen LogP) is 8.77. The minimum Gasteiger partial charge on any atom is -0.361 e. The summed E-state index contributed by atoms with van der Waals surface area (Å²) in [7, 11) is 0. The van der Waals surface area contributed by atoms with Crippen LogP contribution in [0.25, 0.3) is 22.0 Å². The molecule has 0 saturated carbocycles. The fourth-order valence-electron chi connectivity index (χ4n) is 7.93. The van der Waals surface area contributed by atoms with E-state index in [2.05, 4.69) is 37.9 Å². The van der Waals surface area contributed by atoms with Crippen molar-refractivity contribution in [3.8, 4) is 11.3 Å². The van der Waals surface area contributed by atoms with Gasteiger partial charge in [-0.1, -0.05) is 42.5 Å². The van der Waals surface area contributed by atoms with Gasteiger partial charge in [-0.15, -0.1) is 5.10 Å². The van der Waals surface area contributed by atoms with Crippen LogP contribution >= 0.6 is 0 Å². The summed E-state index contributed by atoms with van der Waals surface area (Å²) < 4.78 is 57.5. The van der Waals surface area contributed by atoms with E-state index in [0.717, 1.165) is 59.5 Å². The molecule has 12 heteroatoms. The second-order valence-corrected chi connectivity index (χ2v) is 14.8. The summed E-state index contributed by atoms with van der Waals surface area (Å²) in [6.45, 7) is 9.47. The van der Waals surface area contributed by atoms with Gasteiger partial charge in [0.1, 0.15) is 11.6 Å². The molecule has 8 nitrogen and oxygen atoms in total. The van der Waals surface area contributed by atoms with E-state index >= 15 is 4.39 Å². The number of piperidine rings is 2. The molecule has 0 spiro atoms. The molecule has 2 atom stereocenters. The lowest BCUT2D eigenvalue weighted by atomic mass is 9.74. The minimum atomic E-state index is -2.93. The standard InChI is InChI=1S/C42H42F4N6O2/c1-23-17-29(42(4)14-11-36(53)49-41(42)54)19-34(43)37(23)27-12-15-52(16-13-27)22-26-7-5-8-28(18-26)35-20-32-33(21-47-35)25(3)50-51-40(32)48-24(2)30-9-6-10-31(38(30)44)39(45)46/h5-10,17-21,24,27,39H,11-16,22H2,1-4H3,(H,48,51)(H,49,53,54)/t24-,42-/m1/s1. The summed E-state index contributed by atoms with van der Waals surface area (Å²) in [5.41, 5.74) is 4.01. The quantitative estimate of drug-likeness (QED) is 0.115. The van der Waals surface area contributed by atoms with Crippen LogP contribution < -0.4 is 10.6 Å². The van der Waals surface area contributed by atoms with Gasteiger partial charge in [0.15, 0.2) is 5.82 Å². The second-order valence-electron chi connectivity index (χ2n) is 14.8. The molecule has 0 bridgehead atoms. The number of nitrogens with one attached hydrogen (secondary N) is 2. The highest BCUT2D eigenvalue weighted by Gasteiger charge is 2.41. The Labute approximate surface area is 311 Å². The maximum absolute atomic E-state index is 15.7. The summed E-state index contributed by atoms with van der Waals surface area (Å²) in [5.74, 6) is -1.48. The SMILES string of the molecule is Cc1cc([C@@]2(C)CCC(=O)NC2=O)cc(F)c1C1CCN(Cc2cccc(-c3cc4c(N[C@H](C)c5cccc(C(F)F)c5F)nnc(C)c4cn3)c2)CC1. The normalized spacial score (nSPS) is 19.0. The number of carbonyl (C=O) groups is 2. The van der Waals surface area contributed by atoms with Crippen molar-refractivity contribution in [3.05, 3.63) is 118 Å². The molecule has 0 aliphatic carbocycles. The van der Waals surface area contributed by atoms with Gasteiger partial charge in [-0.05, 0) is 106 Å². The lowest BCUT2D eigenvalue weighted by Gasteiger charge is -2.35. The van der Waals surface area contributed by atoms with Crippen LogP contribution in [0.2, 0.25) is 0 Å². The second kappa shape index (κ2) is 14.9. The van der Waals surface area contributed by atoms with E-state index < -0.39 is 29.3 Å². The average Bonchev–Trinajstić information content (AvgIpc) is 3.14. The number of rotatable bonds is 9. The number of nitrogens with zero attached hydrogens (tertiary/aromatic N) is 4.